The summed E-state index contributed by atoms with van der Waals surface area (Å²) >= 11 is 5.93. The van der Waals surface area contributed by atoms with Gasteiger partial charge in [0.2, 0.25) is 0 Å². The molecule has 0 spiro atoms. The molecule has 0 aliphatic rings. The van der Waals surface area contributed by atoms with E-state index in [2.05, 4.69) is 10.1 Å². The van der Waals surface area contributed by atoms with Gasteiger partial charge in [-0.25, -0.2) is 4.98 Å². The van der Waals surface area contributed by atoms with Crippen LogP contribution < -0.4 is 0 Å². The Bertz CT molecular complexity index is 734. The lowest BCUT2D eigenvalue weighted by molar-refractivity contribution is -0.258. The molecule has 0 fully saturated rings. The number of rotatable bonds is 3. The smallest absolute Gasteiger partial charge is 0.379 e. The molecule has 5 nitrogen and oxygen atoms in total. The Morgan fingerprint density at radius 2 is 2.09 bits per heavy atom. The normalized spacial score (nSPS) is 14.4. The van der Waals surface area contributed by atoms with Crippen LogP contribution in [0.2, 0.25) is 5.15 Å². The first-order valence-corrected chi connectivity index (χ1v) is 6.40. The summed E-state index contributed by atoms with van der Waals surface area (Å²) in [4.78, 5) is 3.83. The van der Waals surface area contributed by atoms with Crippen LogP contribution in [0.5, 0.6) is 0 Å². The van der Waals surface area contributed by atoms with Gasteiger partial charge in [-0.3, -0.25) is 4.68 Å². The van der Waals surface area contributed by atoms with Crippen molar-refractivity contribution in [3.8, 4) is 17.2 Å². The van der Waals surface area contributed by atoms with E-state index in [1.807, 2.05) is 6.07 Å². The Kier molecular flexibility index (Phi) is 4.13. The van der Waals surface area contributed by atoms with E-state index in [0.29, 0.717) is 18.1 Å². The molecular weight excluding hydrogens is 321 g/mol. The minimum absolute atomic E-state index is 0.0428. The van der Waals surface area contributed by atoms with Crippen LogP contribution in [0, 0.1) is 11.3 Å². The van der Waals surface area contributed by atoms with E-state index >= 15 is 0 Å². The Labute approximate surface area is 128 Å². The van der Waals surface area contributed by atoms with Gasteiger partial charge in [-0.15, -0.1) is 0 Å². The van der Waals surface area contributed by atoms with Crippen molar-refractivity contribution in [2.75, 3.05) is 0 Å². The van der Waals surface area contributed by atoms with Crippen molar-refractivity contribution >= 4 is 11.6 Å². The summed E-state index contributed by atoms with van der Waals surface area (Å²) in [6, 6.07) is 4.78. The van der Waals surface area contributed by atoms with Crippen LogP contribution in [0.1, 0.15) is 12.6 Å². The lowest BCUT2D eigenvalue weighted by Crippen LogP contribution is -2.45. The largest absolute Gasteiger partial charge is 0.418 e. The first-order valence-electron chi connectivity index (χ1n) is 6.02. The topological polar surface area (TPSA) is 74.7 Å². The SMILES string of the molecule is CC(O)(Cn1cc(-c2ccc(C#N)nc2Cl)cn1)C(F)(F)F. The molecule has 0 bridgehead atoms. The van der Waals surface area contributed by atoms with Crippen LogP contribution in [0.15, 0.2) is 24.5 Å². The Hall–Kier alpha value is -2.11. The molecule has 2 aromatic rings. The molecule has 1 unspecified atom stereocenters. The van der Waals surface area contributed by atoms with Gasteiger partial charge in [-0.2, -0.15) is 23.5 Å². The maximum Gasteiger partial charge on any atom is 0.418 e. The number of hydrogen-bond acceptors (Lipinski definition) is 4. The summed E-state index contributed by atoms with van der Waals surface area (Å²) in [6.07, 6.45) is -2.15. The minimum Gasteiger partial charge on any atom is -0.379 e. The monoisotopic (exact) mass is 330 g/mol. The molecule has 22 heavy (non-hydrogen) atoms. The van der Waals surface area contributed by atoms with Gasteiger partial charge in [0, 0.05) is 17.3 Å². The average molecular weight is 331 g/mol. The van der Waals surface area contributed by atoms with E-state index in [-0.39, 0.29) is 10.8 Å². The molecule has 1 N–H and O–H groups in total. The molecule has 0 radical (unpaired) electrons. The molecule has 1 atom stereocenters. The van der Waals surface area contributed by atoms with Gasteiger partial charge < -0.3 is 5.11 Å². The second kappa shape index (κ2) is 5.59. The number of aromatic nitrogens is 3. The summed E-state index contributed by atoms with van der Waals surface area (Å²) in [7, 11) is 0. The molecule has 0 saturated carbocycles. The highest BCUT2D eigenvalue weighted by Gasteiger charge is 2.50. The zero-order valence-corrected chi connectivity index (χ0v) is 12.0. The zero-order chi connectivity index (χ0) is 16.5. The Balaban J connectivity index is 2.28. The maximum atomic E-state index is 12.6. The van der Waals surface area contributed by atoms with Gasteiger partial charge >= 0.3 is 6.18 Å². The Morgan fingerprint density at radius 1 is 1.41 bits per heavy atom. The molecule has 9 heteroatoms. The molecule has 0 aliphatic heterocycles. The highest BCUT2D eigenvalue weighted by Crippen LogP contribution is 2.32. The fourth-order valence-electron chi connectivity index (χ4n) is 1.71. The molecule has 2 aromatic heterocycles. The van der Waals surface area contributed by atoms with Crippen LogP contribution in [0.3, 0.4) is 0 Å². The van der Waals surface area contributed by atoms with Crippen LogP contribution in [-0.4, -0.2) is 31.6 Å². The summed E-state index contributed by atoms with van der Waals surface area (Å²) in [5.41, 5.74) is -1.91. The summed E-state index contributed by atoms with van der Waals surface area (Å²) in [5, 5.41) is 22.0. The third-order valence-electron chi connectivity index (χ3n) is 2.99. The molecular formula is C13H10ClF3N4O. The van der Waals surface area contributed by atoms with E-state index in [9.17, 15) is 18.3 Å². The third kappa shape index (κ3) is 3.21. The second-order valence-electron chi connectivity index (χ2n) is 4.84. The number of aliphatic hydroxyl groups is 1. The number of pyridine rings is 1. The van der Waals surface area contributed by atoms with Gasteiger partial charge in [-0.05, 0) is 19.1 Å². The molecule has 116 valence electrons. The third-order valence-corrected chi connectivity index (χ3v) is 3.28. The fraction of sp³-hybridized carbons (Fsp3) is 0.308. The predicted octanol–water partition coefficient (Wildman–Crippen LogP) is 2.78. The van der Waals surface area contributed by atoms with Crippen molar-refractivity contribution in [1.82, 2.24) is 14.8 Å². The first kappa shape index (κ1) is 16.3. The number of hydrogen-bond donors (Lipinski definition) is 1. The quantitative estimate of drug-likeness (QED) is 0.878. The number of alkyl halides is 3. The van der Waals surface area contributed by atoms with Crippen LogP contribution >= 0.6 is 11.6 Å². The van der Waals surface area contributed by atoms with Crippen LogP contribution in [-0.2, 0) is 6.54 Å². The molecule has 0 aromatic carbocycles. The van der Waals surface area contributed by atoms with E-state index in [1.54, 1.807) is 0 Å². The minimum atomic E-state index is -4.77. The highest BCUT2D eigenvalue weighted by atomic mass is 35.5. The molecule has 2 heterocycles. The van der Waals surface area contributed by atoms with Crippen molar-refractivity contribution in [3.05, 3.63) is 35.4 Å². The highest BCUT2D eigenvalue weighted by molar-refractivity contribution is 6.32. The van der Waals surface area contributed by atoms with E-state index in [0.717, 1.165) is 4.68 Å². The van der Waals surface area contributed by atoms with Gasteiger partial charge in [0.1, 0.15) is 16.9 Å². The van der Waals surface area contributed by atoms with Crippen molar-refractivity contribution < 1.29 is 18.3 Å². The molecule has 0 amide bonds. The maximum absolute atomic E-state index is 12.6. The van der Waals surface area contributed by atoms with Crippen LogP contribution in [0.25, 0.3) is 11.1 Å². The van der Waals surface area contributed by atoms with E-state index in [1.165, 1.54) is 24.5 Å². The molecule has 2 rings (SSSR count). The molecule has 0 aliphatic carbocycles. The predicted molar refractivity (Wildman–Crippen MR) is 71.9 cm³/mol. The lowest BCUT2D eigenvalue weighted by Gasteiger charge is -2.25. The standard InChI is InChI=1S/C13H10ClF3N4O/c1-12(22,13(15,16)17)7-21-6-8(5-19-21)10-3-2-9(4-18)20-11(10)14/h2-3,5-6,22H,7H2,1H3. The van der Waals surface area contributed by atoms with Crippen molar-refractivity contribution in [1.29, 1.82) is 5.26 Å². The average Bonchev–Trinajstić information content (AvgIpc) is 2.84. The fourth-order valence-corrected chi connectivity index (χ4v) is 1.97. The van der Waals surface area contributed by atoms with Crippen LogP contribution in [0.4, 0.5) is 13.2 Å². The molecule has 0 saturated heterocycles. The summed E-state index contributed by atoms with van der Waals surface area (Å²) in [5.74, 6) is 0. The summed E-state index contributed by atoms with van der Waals surface area (Å²) < 4.78 is 38.9. The van der Waals surface area contributed by atoms with Crippen molar-refractivity contribution in [3.63, 3.8) is 0 Å². The van der Waals surface area contributed by atoms with Gasteiger partial charge in [0.25, 0.3) is 0 Å². The lowest BCUT2D eigenvalue weighted by atomic mass is 10.1. The zero-order valence-electron chi connectivity index (χ0n) is 11.3. The summed E-state index contributed by atoms with van der Waals surface area (Å²) in [6.45, 7) is -0.0809. The number of nitrogens with zero attached hydrogens (tertiary/aromatic N) is 4. The van der Waals surface area contributed by atoms with Gasteiger partial charge in [-0.1, -0.05) is 11.6 Å². The van der Waals surface area contributed by atoms with Gasteiger partial charge in [0.05, 0.1) is 12.7 Å². The second-order valence-corrected chi connectivity index (χ2v) is 5.20. The van der Waals surface area contributed by atoms with E-state index in [4.69, 9.17) is 16.9 Å². The first-order chi connectivity index (χ1) is 10.1. The van der Waals surface area contributed by atoms with Crippen molar-refractivity contribution in [2.24, 2.45) is 0 Å². The number of nitriles is 1. The van der Waals surface area contributed by atoms with Crippen molar-refractivity contribution in [2.45, 2.75) is 25.2 Å². The Morgan fingerprint density at radius 3 is 2.64 bits per heavy atom. The number of halogens is 4. The van der Waals surface area contributed by atoms with Gasteiger partial charge in [0.15, 0.2) is 5.60 Å². The van der Waals surface area contributed by atoms with E-state index < -0.39 is 18.3 Å².